The molecular weight excluding hydrogens is 278 g/mol. The van der Waals surface area contributed by atoms with Crippen LogP contribution in [0.15, 0.2) is 23.6 Å². The van der Waals surface area contributed by atoms with Gasteiger partial charge in [-0.15, -0.1) is 11.3 Å². The predicted octanol–water partition coefficient (Wildman–Crippen LogP) is 3.80. The molecule has 0 spiro atoms. The number of rotatable bonds is 4. The lowest BCUT2D eigenvalue weighted by Gasteiger charge is -2.18. The summed E-state index contributed by atoms with van der Waals surface area (Å²) >= 11 is 1.72. The van der Waals surface area contributed by atoms with Crippen molar-refractivity contribution in [2.24, 2.45) is 5.84 Å². The number of nitrogens with one attached hydrogen (secondary N) is 1. The highest BCUT2D eigenvalue weighted by molar-refractivity contribution is 7.09. The number of hydrazine groups is 1. The Balaban J connectivity index is 2.23. The van der Waals surface area contributed by atoms with Gasteiger partial charge in [-0.05, 0) is 25.0 Å². The van der Waals surface area contributed by atoms with Crippen molar-refractivity contribution in [2.45, 2.75) is 52.5 Å². The first kappa shape index (κ1) is 16.1. The van der Waals surface area contributed by atoms with Crippen molar-refractivity contribution in [3.63, 3.8) is 0 Å². The lowest BCUT2D eigenvalue weighted by atomic mass is 9.93. The molecule has 0 fully saturated rings. The van der Waals surface area contributed by atoms with Crippen molar-refractivity contribution in [1.82, 2.24) is 10.4 Å². The Morgan fingerprint density at radius 1 is 1.29 bits per heavy atom. The van der Waals surface area contributed by atoms with Gasteiger partial charge in [0.15, 0.2) is 0 Å². The van der Waals surface area contributed by atoms with Crippen molar-refractivity contribution in [1.29, 1.82) is 0 Å². The molecule has 0 bridgehead atoms. The molecular formula is C17H25N3S. The van der Waals surface area contributed by atoms with E-state index in [1.165, 1.54) is 16.7 Å². The van der Waals surface area contributed by atoms with Gasteiger partial charge >= 0.3 is 0 Å². The van der Waals surface area contributed by atoms with Gasteiger partial charge in [-0.2, -0.15) is 0 Å². The fraction of sp³-hybridized carbons (Fsp3) is 0.471. The summed E-state index contributed by atoms with van der Waals surface area (Å²) in [6.07, 6.45) is 0.821. The van der Waals surface area contributed by atoms with E-state index in [0.717, 1.165) is 17.1 Å². The van der Waals surface area contributed by atoms with Crippen LogP contribution in [0.1, 0.15) is 54.2 Å². The van der Waals surface area contributed by atoms with Crippen LogP contribution in [0.25, 0.3) is 0 Å². The standard InChI is InChI=1S/C17H25N3S/c1-11-6-7-12(2)13(8-11)14(20-18)9-16-19-15(10-21-16)17(3,4)5/h6-8,10,14,20H,9,18H2,1-5H3. The highest BCUT2D eigenvalue weighted by Crippen LogP contribution is 2.27. The molecule has 21 heavy (non-hydrogen) atoms. The van der Waals surface area contributed by atoms with Crippen LogP contribution in [0.5, 0.6) is 0 Å². The second-order valence-electron chi connectivity index (χ2n) is 6.66. The van der Waals surface area contributed by atoms with Crippen LogP contribution in [0, 0.1) is 13.8 Å². The van der Waals surface area contributed by atoms with E-state index in [1.54, 1.807) is 11.3 Å². The van der Waals surface area contributed by atoms with Gasteiger partial charge in [0.2, 0.25) is 0 Å². The van der Waals surface area contributed by atoms with E-state index in [-0.39, 0.29) is 11.5 Å². The molecule has 4 heteroatoms. The summed E-state index contributed by atoms with van der Waals surface area (Å²) in [5, 5.41) is 3.29. The second kappa shape index (κ2) is 6.26. The minimum absolute atomic E-state index is 0.0969. The first-order valence-electron chi connectivity index (χ1n) is 7.29. The minimum Gasteiger partial charge on any atom is -0.271 e. The maximum absolute atomic E-state index is 5.79. The molecule has 0 aliphatic heterocycles. The number of aromatic nitrogens is 1. The van der Waals surface area contributed by atoms with Crippen LogP contribution in [0.3, 0.4) is 0 Å². The summed E-state index contributed by atoms with van der Waals surface area (Å²) in [5.74, 6) is 5.79. The Bertz CT molecular complexity index is 611. The lowest BCUT2D eigenvalue weighted by Crippen LogP contribution is -2.30. The van der Waals surface area contributed by atoms with Gasteiger partial charge in [0.1, 0.15) is 0 Å². The van der Waals surface area contributed by atoms with Crippen LogP contribution >= 0.6 is 11.3 Å². The lowest BCUT2D eigenvalue weighted by molar-refractivity contribution is 0.539. The third kappa shape index (κ3) is 3.90. The van der Waals surface area contributed by atoms with Gasteiger partial charge in [-0.25, -0.2) is 4.98 Å². The van der Waals surface area contributed by atoms with E-state index in [1.807, 2.05) is 0 Å². The van der Waals surface area contributed by atoms with E-state index in [9.17, 15) is 0 Å². The van der Waals surface area contributed by atoms with Gasteiger partial charge in [0.25, 0.3) is 0 Å². The second-order valence-corrected chi connectivity index (χ2v) is 7.60. The fourth-order valence-electron chi connectivity index (χ4n) is 2.32. The minimum atomic E-state index is 0.0969. The summed E-state index contributed by atoms with van der Waals surface area (Å²) in [4.78, 5) is 4.77. The maximum atomic E-state index is 5.79. The SMILES string of the molecule is Cc1ccc(C)c(C(Cc2nc(C(C)(C)C)cs2)NN)c1. The van der Waals surface area contributed by atoms with Gasteiger partial charge in [-0.3, -0.25) is 11.3 Å². The zero-order chi connectivity index (χ0) is 15.6. The Labute approximate surface area is 131 Å². The Morgan fingerprint density at radius 3 is 2.57 bits per heavy atom. The normalized spacial score (nSPS) is 13.4. The first-order chi connectivity index (χ1) is 9.81. The Morgan fingerprint density at radius 2 is 2.00 bits per heavy atom. The average molecular weight is 303 g/mol. The average Bonchev–Trinajstić information content (AvgIpc) is 2.87. The largest absolute Gasteiger partial charge is 0.271 e. The number of nitrogens with zero attached hydrogens (tertiary/aromatic N) is 1. The van der Waals surface area contributed by atoms with E-state index >= 15 is 0 Å². The molecule has 0 aliphatic carbocycles. The van der Waals surface area contributed by atoms with E-state index < -0.39 is 0 Å². The van der Waals surface area contributed by atoms with E-state index in [2.05, 4.69) is 63.6 Å². The van der Waals surface area contributed by atoms with Gasteiger partial charge in [0.05, 0.1) is 16.7 Å². The number of nitrogens with two attached hydrogens (primary N) is 1. The molecule has 1 aromatic heterocycles. The molecule has 0 amide bonds. The maximum Gasteiger partial charge on any atom is 0.0948 e. The summed E-state index contributed by atoms with van der Waals surface area (Å²) in [5.41, 5.74) is 7.97. The Hall–Kier alpha value is -1.23. The van der Waals surface area contributed by atoms with E-state index in [0.29, 0.717) is 0 Å². The van der Waals surface area contributed by atoms with Crippen LogP contribution in [-0.2, 0) is 11.8 Å². The highest BCUT2D eigenvalue weighted by atomic mass is 32.1. The zero-order valence-corrected chi connectivity index (χ0v) is 14.3. The third-order valence-electron chi connectivity index (χ3n) is 3.71. The molecule has 0 radical (unpaired) electrons. The quantitative estimate of drug-likeness (QED) is 0.667. The number of aryl methyl sites for hydroxylation is 2. The van der Waals surface area contributed by atoms with Crippen molar-refractivity contribution >= 4 is 11.3 Å². The monoisotopic (exact) mass is 303 g/mol. The van der Waals surface area contributed by atoms with Crippen molar-refractivity contribution in [3.8, 4) is 0 Å². The number of thiazole rings is 1. The topological polar surface area (TPSA) is 50.9 Å². The molecule has 1 atom stereocenters. The number of hydrogen-bond donors (Lipinski definition) is 2. The Kier molecular flexibility index (Phi) is 4.81. The summed E-state index contributed by atoms with van der Waals surface area (Å²) in [6.45, 7) is 10.8. The molecule has 0 aliphatic rings. The highest BCUT2D eigenvalue weighted by Gasteiger charge is 2.20. The van der Waals surface area contributed by atoms with Crippen LogP contribution in [0.4, 0.5) is 0 Å². The van der Waals surface area contributed by atoms with Crippen molar-refractivity contribution in [3.05, 3.63) is 51.0 Å². The van der Waals surface area contributed by atoms with Crippen LogP contribution in [-0.4, -0.2) is 4.98 Å². The first-order valence-corrected chi connectivity index (χ1v) is 8.17. The number of hydrogen-bond acceptors (Lipinski definition) is 4. The fourth-order valence-corrected chi connectivity index (χ4v) is 3.39. The smallest absolute Gasteiger partial charge is 0.0948 e. The summed E-state index contributed by atoms with van der Waals surface area (Å²) in [6, 6.07) is 6.59. The van der Waals surface area contributed by atoms with Crippen LogP contribution < -0.4 is 11.3 Å². The van der Waals surface area contributed by atoms with Gasteiger partial charge in [0, 0.05) is 17.2 Å². The molecule has 114 valence electrons. The molecule has 3 nitrogen and oxygen atoms in total. The molecule has 2 aromatic rings. The molecule has 0 saturated carbocycles. The third-order valence-corrected chi connectivity index (χ3v) is 4.58. The van der Waals surface area contributed by atoms with Gasteiger partial charge < -0.3 is 0 Å². The van der Waals surface area contributed by atoms with Crippen molar-refractivity contribution in [2.75, 3.05) is 0 Å². The van der Waals surface area contributed by atoms with Gasteiger partial charge in [-0.1, -0.05) is 44.5 Å². The zero-order valence-electron chi connectivity index (χ0n) is 13.5. The van der Waals surface area contributed by atoms with Crippen LogP contribution in [0.2, 0.25) is 0 Å². The predicted molar refractivity (Wildman–Crippen MR) is 90.5 cm³/mol. The molecule has 3 N–H and O–H groups in total. The summed E-state index contributed by atoms with van der Waals surface area (Å²) < 4.78 is 0. The molecule has 0 saturated heterocycles. The number of benzene rings is 1. The van der Waals surface area contributed by atoms with Crippen molar-refractivity contribution < 1.29 is 0 Å². The molecule has 1 aromatic carbocycles. The summed E-state index contributed by atoms with van der Waals surface area (Å²) in [7, 11) is 0. The molecule has 1 unspecified atom stereocenters. The van der Waals surface area contributed by atoms with E-state index in [4.69, 9.17) is 10.8 Å². The molecule has 1 heterocycles. The molecule has 2 rings (SSSR count).